The summed E-state index contributed by atoms with van der Waals surface area (Å²) < 4.78 is 48.0. The topological polar surface area (TPSA) is 71.0 Å². The number of halogens is 3. The minimum Gasteiger partial charge on any atom is -0.496 e. The van der Waals surface area contributed by atoms with Gasteiger partial charge in [0.25, 0.3) is 0 Å². The smallest absolute Gasteiger partial charge is 0.496 e. The van der Waals surface area contributed by atoms with Gasteiger partial charge in [-0.25, -0.2) is 4.79 Å². The van der Waals surface area contributed by atoms with Crippen molar-refractivity contribution in [2.75, 3.05) is 13.7 Å². The standard InChI is InChI=1S/C30H31F3N2O4/c1-38-26-13-12-24(39-30(31,32)33)17-23(26)19-34-29(28(36)37)18-20-14-15-35(29)25(16-20)27(21-8-4-2-5-9-21)22-10-6-3-7-11-22/h2-13,17,20,25,27,34H,14-16,18-19H2,1H3,(H,36,37). The Bertz CT molecular complexity index is 1250. The first-order valence-corrected chi connectivity index (χ1v) is 13.0. The highest BCUT2D eigenvalue weighted by Gasteiger charge is 2.56. The average Bonchev–Trinajstić information content (AvgIpc) is 2.93. The number of nitrogens with zero attached hydrogens (tertiary/aromatic N) is 1. The first-order valence-electron chi connectivity index (χ1n) is 13.0. The predicted molar refractivity (Wildman–Crippen MR) is 139 cm³/mol. The highest BCUT2D eigenvalue weighted by atomic mass is 19.4. The zero-order valence-electron chi connectivity index (χ0n) is 21.5. The molecule has 0 amide bonds. The van der Waals surface area contributed by atoms with Gasteiger partial charge in [0.15, 0.2) is 5.66 Å². The number of carboxylic acids is 1. The third kappa shape index (κ3) is 5.60. The van der Waals surface area contributed by atoms with Gasteiger partial charge in [0.05, 0.1) is 7.11 Å². The number of hydrogen-bond acceptors (Lipinski definition) is 5. The zero-order chi connectivity index (χ0) is 27.6. The molecule has 0 saturated carbocycles. The number of alkyl halides is 3. The summed E-state index contributed by atoms with van der Waals surface area (Å²) in [6.07, 6.45) is -2.70. The van der Waals surface area contributed by atoms with Crippen molar-refractivity contribution >= 4 is 5.97 Å². The second-order valence-electron chi connectivity index (χ2n) is 10.2. The van der Waals surface area contributed by atoms with Crippen molar-refractivity contribution in [3.63, 3.8) is 0 Å². The predicted octanol–water partition coefficient (Wildman–Crippen LogP) is 5.78. The van der Waals surface area contributed by atoms with E-state index in [-0.39, 0.29) is 30.2 Å². The van der Waals surface area contributed by atoms with Gasteiger partial charge in [-0.1, -0.05) is 60.7 Å². The molecule has 4 atom stereocenters. The number of benzene rings is 3. The minimum absolute atomic E-state index is 0.0121. The summed E-state index contributed by atoms with van der Waals surface area (Å²) in [6, 6.07) is 23.9. The molecule has 0 aliphatic carbocycles. The zero-order valence-corrected chi connectivity index (χ0v) is 21.5. The molecule has 4 unspecified atom stereocenters. The fourth-order valence-electron chi connectivity index (χ4n) is 6.33. The Kier molecular flexibility index (Phi) is 7.55. The minimum atomic E-state index is -4.84. The number of hydrogen-bond donors (Lipinski definition) is 2. The van der Waals surface area contributed by atoms with E-state index < -0.39 is 18.0 Å². The van der Waals surface area contributed by atoms with Gasteiger partial charge in [-0.05, 0) is 54.5 Å². The molecule has 39 heavy (non-hydrogen) atoms. The molecule has 206 valence electrons. The Morgan fingerprint density at radius 2 is 1.72 bits per heavy atom. The Labute approximate surface area is 225 Å². The van der Waals surface area contributed by atoms with E-state index >= 15 is 0 Å². The van der Waals surface area contributed by atoms with Gasteiger partial charge in [0, 0.05) is 30.6 Å². The molecule has 0 radical (unpaired) electrons. The Morgan fingerprint density at radius 3 is 2.26 bits per heavy atom. The van der Waals surface area contributed by atoms with Crippen molar-refractivity contribution in [1.29, 1.82) is 0 Å². The van der Waals surface area contributed by atoms with Gasteiger partial charge in [-0.3, -0.25) is 10.2 Å². The molecule has 6 nitrogen and oxygen atoms in total. The van der Waals surface area contributed by atoms with Gasteiger partial charge in [-0.2, -0.15) is 0 Å². The molecule has 3 aromatic rings. The van der Waals surface area contributed by atoms with Crippen molar-refractivity contribution in [3.05, 3.63) is 95.6 Å². The maximum absolute atomic E-state index is 13.0. The summed E-state index contributed by atoms with van der Waals surface area (Å²) >= 11 is 0. The Balaban J connectivity index is 1.49. The van der Waals surface area contributed by atoms with E-state index in [4.69, 9.17) is 4.74 Å². The Hall–Kier alpha value is -3.56. The molecule has 9 heteroatoms. The molecule has 3 heterocycles. The molecular formula is C30H31F3N2O4. The first kappa shape index (κ1) is 27.0. The summed E-state index contributed by atoms with van der Waals surface area (Å²) in [6.45, 7) is 0.584. The number of aliphatic carboxylic acids is 1. The van der Waals surface area contributed by atoms with E-state index in [1.54, 1.807) is 0 Å². The quantitative estimate of drug-likeness (QED) is 0.359. The summed E-state index contributed by atoms with van der Waals surface area (Å²) in [4.78, 5) is 15.1. The van der Waals surface area contributed by atoms with Crippen LogP contribution in [0.2, 0.25) is 0 Å². The number of rotatable bonds is 9. The lowest BCUT2D eigenvalue weighted by atomic mass is 9.69. The van der Waals surface area contributed by atoms with Crippen molar-refractivity contribution < 1.29 is 32.5 Å². The molecule has 3 fully saturated rings. The van der Waals surface area contributed by atoms with E-state index in [0.29, 0.717) is 24.3 Å². The molecular weight excluding hydrogens is 509 g/mol. The Morgan fingerprint density at radius 1 is 1.08 bits per heavy atom. The lowest BCUT2D eigenvalue weighted by molar-refractivity contribution is -0.274. The monoisotopic (exact) mass is 540 g/mol. The van der Waals surface area contributed by atoms with Gasteiger partial charge in [0.2, 0.25) is 0 Å². The largest absolute Gasteiger partial charge is 0.573 e. The van der Waals surface area contributed by atoms with Crippen LogP contribution in [0.1, 0.15) is 41.9 Å². The highest BCUT2D eigenvalue weighted by Crippen LogP contribution is 2.48. The van der Waals surface area contributed by atoms with Gasteiger partial charge in [-0.15, -0.1) is 13.2 Å². The molecule has 6 rings (SSSR count). The fraction of sp³-hybridized carbons (Fsp3) is 0.367. The van der Waals surface area contributed by atoms with Gasteiger partial charge >= 0.3 is 12.3 Å². The summed E-state index contributed by atoms with van der Waals surface area (Å²) in [5.41, 5.74) is 1.21. The van der Waals surface area contributed by atoms with Crippen LogP contribution >= 0.6 is 0 Å². The molecule has 3 aliphatic rings. The molecule has 3 saturated heterocycles. The van der Waals surface area contributed by atoms with Crippen molar-refractivity contribution in [2.24, 2.45) is 5.92 Å². The summed E-state index contributed by atoms with van der Waals surface area (Å²) in [5.74, 6) is -0.912. The van der Waals surface area contributed by atoms with Crippen molar-refractivity contribution in [1.82, 2.24) is 10.2 Å². The van der Waals surface area contributed by atoms with Crippen molar-refractivity contribution in [2.45, 2.75) is 49.8 Å². The van der Waals surface area contributed by atoms with E-state index in [1.807, 2.05) is 36.4 Å². The second-order valence-corrected chi connectivity index (χ2v) is 10.2. The lowest BCUT2D eigenvalue weighted by Gasteiger charge is -2.58. The van der Waals surface area contributed by atoms with E-state index in [0.717, 1.165) is 24.0 Å². The maximum atomic E-state index is 13.0. The lowest BCUT2D eigenvalue weighted by Crippen LogP contribution is -2.73. The number of fused-ring (bicyclic) bond motifs is 3. The molecule has 0 aromatic heterocycles. The second kappa shape index (κ2) is 10.9. The van der Waals surface area contributed by atoms with E-state index in [2.05, 4.69) is 39.2 Å². The molecule has 3 aliphatic heterocycles. The van der Waals surface area contributed by atoms with Crippen LogP contribution in [-0.4, -0.2) is 47.7 Å². The van der Waals surface area contributed by atoms with Crippen LogP contribution in [-0.2, 0) is 11.3 Å². The number of ether oxygens (including phenoxy) is 2. The van der Waals surface area contributed by atoms with Crippen LogP contribution in [0.3, 0.4) is 0 Å². The number of carbonyl (C=O) groups is 1. The summed E-state index contributed by atoms with van der Waals surface area (Å²) in [5, 5.41) is 13.9. The SMILES string of the molecule is COc1ccc(OC(F)(F)F)cc1CNC1(C(=O)O)CC2CCN1C(C(c1ccccc1)c1ccccc1)C2. The van der Waals surface area contributed by atoms with Crippen LogP contribution in [0.15, 0.2) is 78.9 Å². The molecule has 2 N–H and O–H groups in total. The van der Waals surface area contributed by atoms with Crippen LogP contribution in [0.4, 0.5) is 13.2 Å². The third-order valence-corrected chi connectivity index (χ3v) is 7.94. The number of nitrogens with one attached hydrogen (secondary N) is 1. The maximum Gasteiger partial charge on any atom is 0.573 e. The highest BCUT2D eigenvalue weighted by molar-refractivity contribution is 5.79. The number of piperidine rings is 3. The van der Waals surface area contributed by atoms with Crippen molar-refractivity contribution in [3.8, 4) is 11.5 Å². The van der Waals surface area contributed by atoms with Crippen LogP contribution < -0.4 is 14.8 Å². The number of methoxy groups -OCH3 is 1. The summed E-state index contributed by atoms with van der Waals surface area (Å²) in [7, 11) is 1.42. The van der Waals surface area contributed by atoms with Crippen LogP contribution in [0.5, 0.6) is 11.5 Å². The van der Waals surface area contributed by atoms with E-state index in [9.17, 15) is 23.1 Å². The normalized spacial score (nSPS) is 24.5. The third-order valence-electron chi connectivity index (χ3n) is 7.94. The van der Waals surface area contributed by atoms with E-state index in [1.165, 1.54) is 25.3 Å². The molecule has 2 bridgehead atoms. The first-order chi connectivity index (χ1) is 18.7. The van der Waals surface area contributed by atoms with Gasteiger partial charge < -0.3 is 14.6 Å². The molecule has 0 spiro atoms. The average molecular weight is 541 g/mol. The van der Waals surface area contributed by atoms with Gasteiger partial charge in [0.1, 0.15) is 11.5 Å². The van der Waals surface area contributed by atoms with Crippen LogP contribution in [0.25, 0.3) is 0 Å². The number of carboxylic acid groups (broad SMARTS) is 1. The van der Waals surface area contributed by atoms with Crippen LogP contribution in [0, 0.1) is 5.92 Å². The molecule has 3 aromatic carbocycles. The fourth-order valence-corrected chi connectivity index (χ4v) is 6.33.